The minimum atomic E-state index is -0.381. The van der Waals surface area contributed by atoms with Gasteiger partial charge in [0.1, 0.15) is 12.4 Å². The van der Waals surface area contributed by atoms with Crippen LogP contribution in [-0.4, -0.2) is 24.8 Å². The van der Waals surface area contributed by atoms with Crippen molar-refractivity contribution in [3.05, 3.63) is 71.0 Å². The molecule has 27 heavy (non-hydrogen) atoms. The summed E-state index contributed by atoms with van der Waals surface area (Å²) >= 11 is 0. The summed E-state index contributed by atoms with van der Waals surface area (Å²) in [5.41, 5.74) is 2.75. The van der Waals surface area contributed by atoms with Gasteiger partial charge in [-0.25, -0.2) is 4.39 Å². The molecular formula is C22H28FN2O2+. The zero-order chi connectivity index (χ0) is 19.6. The molecule has 4 nitrogen and oxygen atoms in total. The Balaban J connectivity index is 1.75. The molecule has 0 bridgehead atoms. The number of hydrogen-bond acceptors (Lipinski definition) is 2. The summed E-state index contributed by atoms with van der Waals surface area (Å²) in [5, 5.41) is 2.84. The van der Waals surface area contributed by atoms with Gasteiger partial charge in [-0.05, 0) is 43.7 Å². The number of carbonyl (C=O) groups excluding carboxylic acids is 2. The van der Waals surface area contributed by atoms with Crippen LogP contribution < -0.4 is 10.2 Å². The standard InChI is InChI=1S/C22H27FN2O2/c1-3-25(4-2)16-18-7-5-17(6-8-18)15-24-22(27)14-13-21(26)19-9-11-20(23)12-10-19/h5-12H,3-4,13-16H2,1-2H3,(H,24,27)/p+1. The maximum atomic E-state index is 12.9. The number of rotatable bonds is 10. The topological polar surface area (TPSA) is 50.6 Å². The van der Waals surface area contributed by atoms with Gasteiger partial charge >= 0.3 is 0 Å². The molecule has 2 N–H and O–H groups in total. The molecule has 0 atom stereocenters. The van der Waals surface area contributed by atoms with Crippen molar-refractivity contribution >= 4 is 11.7 Å². The van der Waals surface area contributed by atoms with E-state index in [-0.39, 0.29) is 30.3 Å². The van der Waals surface area contributed by atoms with Crippen LogP contribution in [-0.2, 0) is 17.9 Å². The molecule has 1 amide bonds. The normalized spacial score (nSPS) is 10.8. The van der Waals surface area contributed by atoms with Gasteiger partial charge in [-0.3, -0.25) is 9.59 Å². The van der Waals surface area contributed by atoms with Crippen molar-refractivity contribution < 1.29 is 18.9 Å². The average molecular weight is 371 g/mol. The molecule has 0 unspecified atom stereocenters. The van der Waals surface area contributed by atoms with E-state index in [1.807, 2.05) is 12.1 Å². The van der Waals surface area contributed by atoms with Gasteiger partial charge in [0, 0.05) is 30.5 Å². The van der Waals surface area contributed by atoms with E-state index in [9.17, 15) is 14.0 Å². The molecule has 2 rings (SSSR count). The summed E-state index contributed by atoms with van der Waals surface area (Å²) in [4.78, 5) is 25.5. The Morgan fingerprint density at radius 2 is 1.48 bits per heavy atom. The Morgan fingerprint density at radius 3 is 2.07 bits per heavy atom. The summed E-state index contributed by atoms with van der Waals surface area (Å²) in [5.74, 6) is -0.704. The van der Waals surface area contributed by atoms with Crippen LogP contribution in [0.3, 0.4) is 0 Å². The number of benzene rings is 2. The monoisotopic (exact) mass is 371 g/mol. The molecule has 0 radical (unpaired) electrons. The first-order valence-electron chi connectivity index (χ1n) is 9.48. The van der Waals surface area contributed by atoms with E-state index in [1.54, 1.807) is 0 Å². The lowest BCUT2D eigenvalue weighted by Crippen LogP contribution is -3.10. The largest absolute Gasteiger partial charge is 0.352 e. The average Bonchev–Trinajstić information content (AvgIpc) is 2.70. The summed E-state index contributed by atoms with van der Waals surface area (Å²) in [6.45, 7) is 8.02. The van der Waals surface area contributed by atoms with Crippen molar-refractivity contribution in [2.75, 3.05) is 13.1 Å². The van der Waals surface area contributed by atoms with Crippen LogP contribution in [0.1, 0.15) is 48.2 Å². The van der Waals surface area contributed by atoms with Crippen molar-refractivity contribution in [2.45, 2.75) is 39.8 Å². The fraction of sp³-hybridized carbons (Fsp3) is 0.364. The molecule has 0 aliphatic heterocycles. The molecule has 0 saturated carbocycles. The van der Waals surface area contributed by atoms with Gasteiger partial charge in [-0.2, -0.15) is 0 Å². The van der Waals surface area contributed by atoms with Crippen molar-refractivity contribution in [3.63, 3.8) is 0 Å². The quantitative estimate of drug-likeness (QED) is 0.631. The van der Waals surface area contributed by atoms with E-state index >= 15 is 0 Å². The van der Waals surface area contributed by atoms with E-state index in [0.717, 1.165) is 25.2 Å². The fourth-order valence-electron chi connectivity index (χ4n) is 2.86. The predicted molar refractivity (Wildman–Crippen MR) is 104 cm³/mol. The first-order chi connectivity index (χ1) is 13.0. The number of Topliss-reactive ketones (excluding diaryl/α,β-unsaturated/α-hetero) is 1. The van der Waals surface area contributed by atoms with Gasteiger partial charge < -0.3 is 10.2 Å². The second-order valence-corrected chi connectivity index (χ2v) is 6.66. The lowest BCUT2D eigenvalue weighted by atomic mass is 10.1. The SMILES string of the molecule is CC[NH+](CC)Cc1ccc(CNC(=O)CCC(=O)c2ccc(F)cc2)cc1. The Hall–Kier alpha value is -2.53. The number of hydrogen-bond donors (Lipinski definition) is 2. The molecule has 0 fully saturated rings. The number of ketones is 1. The summed E-state index contributed by atoms with van der Waals surface area (Å²) in [6.07, 6.45) is 0.239. The van der Waals surface area contributed by atoms with Gasteiger partial charge in [0.2, 0.25) is 5.91 Å². The van der Waals surface area contributed by atoms with E-state index in [1.165, 1.54) is 34.7 Å². The van der Waals surface area contributed by atoms with E-state index in [0.29, 0.717) is 12.1 Å². The third kappa shape index (κ3) is 6.94. The molecule has 0 saturated heterocycles. The van der Waals surface area contributed by atoms with Crippen LogP contribution in [0.4, 0.5) is 4.39 Å². The molecule has 0 aliphatic rings. The highest BCUT2D eigenvalue weighted by atomic mass is 19.1. The van der Waals surface area contributed by atoms with Crippen molar-refractivity contribution in [3.8, 4) is 0 Å². The van der Waals surface area contributed by atoms with Crippen molar-refractivity contribution in [1.29, 1.82) is 0 Å². The lowest BCUT2D eigenvalue weighted by molar-refractivity contribution is -0.910. The summed E-state index contributed by atoms with van der Waals surface area (Å²) in [7, 11) is 0. The number of halogens is 1. The minimum Gasteiger partial charge on any atom is -0.352 e. The zero-order valence-electron chi connectivity index (χ0n) is 16.1. The third-order valence-corrected chi connectivity index (χ3v) is 4.71. The number of carbonyl (C=O) groups is 2. The first-order valence-corrected chi connectivity index (χ1v) is 9.48. The molecular weight excluding hydrogens is 343 g/mol. The van der Waals surface area contributed by atoms with E-state index < -0.39 is 0 Å². The molecule has 5 heteroatoms. The molecule has 144 valence electrons. The molecule has 0 heterocycles. The Labute approximate surface area is 160 Å². The maximum Gasteiger partial charge on any atom is 0.220 e. The maximum absolute atomic E-state index is 12.9. The molecule has 2 aromatic carbocycles. The molecule has 0 spiro atoms. The summed E-state index contributed by atoms with van der Waals surface area (Å²) < 4.78 is 12.9. The van der Waals surface area contributed by atoms with Gasteiger partial charge in [-0.1, -0.05) is 24.3 Å². The van der Waals surface area contributed by atoms with Gasteiger partial charge in [0.15, 0.2) is 5.78 Å². The lowest BCUT2D eigenvalue weighted by Gasteiger charge is -2.15. The summed E-state index contributed by atoms with van der Waals surface area (Å²) in [6, 6.07) is 13.6. The Bertz CT molecular complexity index is 738. The Morgan fingerprint density at radius 1 is 0.889 bits per heavy atom. The van der Waals surface area contributed by atoms with Crippen LogP contribution in [0.5, 0.6) is 0 Å². The second-order valence-electron chi connectivity index (χ2n) is 6.66. The van der Waals surface area contributed by atoms with Crippen molar-refractivity contribution in [2.24, 2.45) is 0 Å². The Kier molecular flexibility index (Phi) is 8.14. The fourth-order valence-corrected chi connectivity index (χ4v) is 2.86. The van der Waals surface area contributed by atoms with Gasteiger partial charge in [0.05, 0.1) is 13.1 Å². The highest BCUT2D eigenvalue weighted by Gasteiger charge is 2.10. The van der Waals surface area contributed by atoms with Crippen LogP contribution in [0.25, 0.3) is 0 Å². The second kappa shape index (κ2) is 10.6. The predicted octanol–water partition coefficient (Wildman–Crippen LogP) is 2.53. The molecule has 0 aromatic heterocycles. The minimum absolute atomic E-state index is 0.114. The van der Waals surface area contributed by atoms with Gasteiger partial charge in [0.25, 0.3) is 0 Å². The first kappa shape index (κ1) is 20.8. The smallest absolute Gasteiger partial charge is 0.220 e. The highest BCUT2D eigenvalue weighted by molar-refractivity contribution is 5.97. The number of quaternary nitrogens is 1. The van der Waals surface area contributed by atoms with Crippen molar-refractivity contribution in [1.82, 2.24) is 5.32 Å². The molecule has 0 aliphatic carbocycles. The van der Waals surface area contributed by atoms with Crippen LogP contribution in [0, 0.1) is 5.82 Å². The van der Waals surface area contributed by atoms with E-state index in [4.69, 9.17) is 0 Å². The number of amides is 1. The molecule has 2 aromatic rings. The van der Waals surface area contributed by atoms with Gasteiger partial charge in [-0.15, -0.1) is 0 Å². The third-order valence-electron chi connectivity index (χ3n) is 4.71. The zero-order valence-corrected chi connectivity index (χ0v) is 16.1. The van der Waals surface area contributed by atoms with Crippen LogP contribution in [0.15, 0.2) is 48.5 Å². The number of nitrogens with one attached hydrogen (secondary N) is 2. The highest BCUT2D eigenvalue weighted by Crippen LogP contribution is 2.08. The van der Waals surface area contributed by atoms with Crippen LogP contribution >= 0.6 is 0 Å². The van der Waals surface area contributed by atoms with E-state index in [2.05, 4.69) is 31.3 Å². The van der Waals surface area contributed by atoms with Crippen LogP contribution in [0.2, 0.25) is 0 Å².